The number of ether oxygens (including phenoxy) is 1. The molecule has 136 valence electrons. The Morgan fingerprint density at radius 2 is 1.58 bits per heavy atom. The van der Waals surface area contributed by atoms with Crippen molar-refractivity contribution < 1.29 is 19.1 Å². The molecule has 0 radical (unpaired) electrons. The number of esters is 1. The van der Waals surface area contributed by atoms with Gasteiger partial charge in [-0.3, -0.25) is 14.4 Å². The number of hydrogen-bond acceptors (Lipinski definition) is 4. The molecule has 0 bridgehead atoms. The lowest BCUT2D eigenvalue weighted by Crippen LogP contribution is -2.31. The molecule has 0 saturated carbocycles. The number of carbonyl (C=O) groups excluding carboxylic acids is 3. The standard InChI is InChI=1S/C21H23NO4/c1-13-10-14(2)20(16(4)15(13)3)18(23)12-26-19(24)11-22-21(25)17-8-6-5-7-9-17/h5-10H,11-12H2,1-4H3,(H,22,25). The van der Waals surface area contributed by atoms with Crippen LogP contribution in [-0.2, 0) is 9.53 Å². The van der Waals surface area contributed by atoms with Gasteiger partial charge in [0.25, 0.3) is 5.91 Å². The molecule has 0 heterocycles. The molecule has 0 saturated heterocycles. The van der Waals surface area contributed by atoms with Crippen LogP contribution in [0.2, 0.25) is 0 Å². The van der Waals surface area contributed by atoms with Gasteiger partial charge in [0, 0.05) is 11.1 Å². The Morgan fingerprint density at radius 1 is 0.923 bits per heavy atom. The second-order valence-corrected chi connectivity index (χ2v) is 6.27. The van der Waals surface area contributed by atoms with Crippen molar-refractivity contribution in [3.63, 3.8) is 0 Å². The molecule has 2 aromatic rings. The molecule has 0 spiro atoms. The highest BCUT2D eigenvalue weighted by Gasteiger charge is 2.17. The number of nitrogens with one attached hydrogen (secondary N) is 1. The van der Waals surface area contributed by atoms with Crippen LogP contribution in [0.15, 0.2) is 36.4 Å². The van der Waals surface area contributed by atoms with E-state index in [1.807, 2.05) is 33.8 Å². The van der Waals surface area contributed by atoms with Crippen LogP contribution >= 0.6 is 0 Å². The molecule has 5 heteroatoms. The minimum Gasteiger partial charge on any atom is -0.456 e. The van der Waals surface area contributed by atoms with E-state index in [1.54, 1.807) is 30.3 Å². The molecule has 0 unspecified atom stereocenters. The zero-order valence-electron chi connectivity index (χ0n) is 15.5. The summed E-state index contributed by atoms with van der Waals surface area (Å²) >= 11 is 0. The van der Waals surface area contributed by atoms with Crippen LogP contribution in [-0.4, -0.2) is 30.8 Å². The second kappa shape index (κ2) is 8.43. The van der Waals surface area contributed by atoms with Gasteiger partial charge in [0.1, 0.15) is 6.54 Å². The molecule has 1 N–H and O–H groups in total. The quantitative estimate of drug-likeness (QED) is 0.640. The van der Waals surface area contributed by atoms with Crippen LogP contribution in [0, 0.1) is 27.7 Å². The summed E-state index contributed by atoms with van der Waals surface area (Å²) < 4.78 is 5.02. The third-order valence-electron chi connectivity index (χ3n) is 4.43. The van der Waals surface area contributed by atoms with Gasteiger partial charge in [-0.05, 0) is 62.1 Å². The summed E-state index contributed by atoms with van der Waals surface area (Å²) in [5, 5.41) is 2.48. The summed E-state index contributed by atoms with van der Waals surface area (Å²) in [5.41, 5.74) is 4.99. The molecule has 0 atom stereocenters. The first-order valence-electron chi connectivity index (χ1n) is 8.40. The number of benzene rings is 2. The topological polar surface area (TPSA) is 72.5 Å². The fourth-order valence-electron chi connectivity index (χ4n) is 2.83. The second-order valence-electron chi connectivity index (χ2n) is 6.27. The normalized spacial score (nSPS) is 10.3. The molecule has 0 aliphatic rings. The van der Waals surface area contributed by atoms with E-state index in [0.29, 0.717) is 11.1 Å². The van der Waals surface area contributed by atoms with E-state index >= 15 is 0 Å². The first-order chi connectivity index (χ1) is 12.3. The maximum Gasteiger partial charge on any atom is 0.325 e. The van der Waals surface area contributed by atoms with Crippen molar-refractivity contribution in [2.75, 3.05) is 13.2 Å². The Hall–Kier alpha value is -2.95. The van der Waals surface area contributed by atoms with Gasteiger partial charge in [0.05, 0.1) is 0 Å². The van der Waals surface area contributed by atoms with Gasteiger partial charge >= 0.3 is 5.97 Å². The molecule has 1 amide bonds. The summed E-state index contributed by atoms with van der Waals surface area (Å²) in [6.07, 6.45) is 0. The van der Waals surface area contributed by atoms with Crippen molar-refractivity contribution in [2.45, 2.75) is 27.7 Å². The molecule has 5 nitrogen and oxygen atoms in total. The average Bonchev–Trinajstić information content (AvgIpc) is 2.63. The van der Waals surface area contributed by atoms with Crippen LogP contribution in [0.5, 0.6) is 0 Å². The molecular formula is C21H23NO4. The van der Waals surface area contributed by atoms with Crippen LogP contribution < -0.4 is 5.32 Å². The molecule has 0 fully saturated rings. The first-order valence-corrected chi connectivity index (χ1v) is 8.40. The van der Waals surface area contributed by atoms with Crippen molar-refractivity contribution in [1.82, 2.24) is 5.32 Å². The Kier molecular flexibility index (Phi) is 6.28. The van der Waals surface area contributed by atoms with Crippen molar-refractivity contribution in [3.05, 3.63) is 69.8 Å². The number of amides is 1. The third kappa shape index (κ3) is 4.57. The molecule has 26 heavy (non-hydrogen) atoms. The third-order valence-corrected chi connectivity index (χ3v) is 4.43. The molecule has 0 aromatic heterocycles. The number of aryl methyl sites for hydroxylation is 2. The van der Waals surface area contributed by atoms with E-state index in [4.69, 9.17) is 4.74 Å². The summed E-state index contributed by atoms with van der Waals surface area (Å²) in [7, 11) is 0. The molecule has 2 rings (SSSR count). The van der Waals surface area contributed by atoms with Crippen molar-refractivity contribution in [1.29, 1.82) is 0 Å². The largest absolute Gasteiger partial charge is 0.456 e. The van der Waals surface area contributed by atoms with Gasteiger partial charge in [-0.1, -0.05) is 24.3 Å². The fraction of sp³-hybridized carbons (Fsp3) is 0.286. The zero-order valence-corrected chi connectivity index (χ0v) is 15.5. The average molecular weight is 353 g/mol. The number of hydrogen-bond donors (Lipinski definition) is 1. The van der Waals surface area contributed by atoms with E-state index in [9.17, 15) is 14.4 Å². The smallest absolute Gasteiger partial charge is 0.325 e. The molecular weight excluding hydrogens is 330 g/mol. The first kappa shape index (κ1) is 19.4. The molecule has 0 aliphatic carbocycles. The van der Waals surface area contributed by atoms with Crippen molar-refractivity contribution in [3.8, 4) is 0 Å². The van der Waals surface area contributed by atoms with Gasteiger partial charge in [-0.15, -0.1) is 0 Å². The lowest BCUT2D eigenvalue weighted by Gasteiger charge is -2.14. The minimum atomic E-state index is -0.651. The van der Waals surface area contributed by atoms with Gasteiger partial charge in [0.2, 0.25) is 5.78 Å². The van der Waals surface area contributed by atoms with E-state index in [0.717, 1.165) is 22.3 Å². The highest BCUT2D eigenvalue weighted by Crippen LogP contribution is 2.22. The van der Waals surface area contributed by atoms with Gasteiger partial charge < -0.3 is 10.1 Å². The maximum atomic E-state index is 12.4. The van der Waals surface area contributed by atoms with Crippen LogP contribution in [0.1, 0.15) is 43.0 Å². The lowest BCUT2D eigenvalue weighted by atomic mass is 9.92. The monoisotopic (exact) mass is 353 g/mol. The van der Waals surface area contributed by atoms with Gasteiger partial charge in [-0.25, -0.2) is 0 Å². The zero-order chi connectivity index (χ0) is 19.3. The Balaban J connectivity index is 1.91. The van der Waals surface area contributed by atoms with Crippen LogP contribution in [0.3, 0.4) is 0 Å². The minimum absolute atomic E-state index is 0.245. The van der Waals surface area contributed by atoms with E-state index in [1.165, 1.54) is 0 Å². The highest BCUT2D eigenvalue weighted by atomic mass is 16.5. The summed E-state index contributed by atoms with van der Waals surface area (Å²) in [6.45, 7) is 7.10. The fourth-order valence-corrected chi connectivity index (χ4v) is 2.83. The Morgan fingerprint density at radius 3 is 2.23 bits per heavy atom. The van der Waals surface area contributed by atoms with Crippen LogP contribution in [0.25, 0.3) is 0 Å². The number of ketones is 1. The summed E-state index contributed by atoms with van der Waals surface area (Å²) in [5.74, 6) is -1.26. The number of rotatable bonds is 6. The van der Waals surface area contributed by atoms with Crippen molar-refractivity contribution >= 4 is 17.7 Å². The predicted octanol–water partition coefficient (Wildman–Crippen LogP) is 3.08. The Bertz CT molecular complexity index is 841. The van der Waals surface area contributed by atoms with Gasteiger partial charge in [0.15, 0.2) is 6.61 Å². The number of Topliss-reactive ketones (excluding diaryl/α,β-unsaturated/α-hetero) is 1. The summed E-state index contributed by atoms with van der Waals surface area (Å²) in [4.78, 5) is 36.1. The SMILES string of the molecule is Cc1cc(C)c(C(=O)COC(=O)CNC(=O)c2ccccc2)c(C)c1C. The molecule has 0 aliphatic heterocycles. The lowest BCUT2D eigenvalue weighted by molar-refractivity contribution is -0.141. The predicted molar refractivity (Wildman–Crippen MR) is 99.5 cm³/mol. The maximum absolute atomic E-state index is 12.4. The van der Waals surface area contributed by atoms with E-state index in [2.05, 4.69) is 5.32 Å². The van der Waals surface area contributed by atoms with E-state index in [-0.39, 0.29) is 24.8 Å². The number of carbonyl (C=O) groups is 3. The highest BCUT2D eigenvalue weighted by molar-refractivity contribution is 6.01. The van der Waals surface area contributed by atoms with Crippen LogP contribution in [0.4, 0.5) is 0 Å². The van der Waals surface area contributed by atoms with Gasteiger partial charge in [-0.2, -0.15) is 0 Å². The summed E-state index contributed by atoms with van der Waals surface area (Å²) in [6, 6.07) is 10.5. The van der Waals surface area contributed by atoms with E-state index < -0.39 is 5.97 Å². The molecule has 2 aromatic carbocycles. The van der Waals surface area contributed by atoms with Crippen molar-refractivity contribution in [2.24, 2.45) is 0 Å². The Labute approximate surface area is 153 Å².